The summed E-state index contributed by atoms with van der Waals surface area (Å²) in [5.74, 6) is 0. The molecule has 0 aliphatic carbocycles. The first-order valence-corrected chi connectivity index (χ1v) is 6.42. The normalized spacial score (nSPS) is 11.8. The van der Waals surface area contributed by atoms with Crippen LogP contribution in [0.15, 0.2) is 22.7 Å². The fourth-order valence-corrected chi connectivity index (χ4v) is 2.57. The van der Waals surface area contributed by atoms with Gasteiger partial charge in [0.25, 0.3) is 0 Å². The number of halogens is 2. The van der Waals surface area contributed by atoms with Crippen molar-refractivity contribution in [3.8, 4) is 0 Å². The minimum absolute atomic E-state index is 0.704. The van der Waals surface area contributed by atoms with Gasteiger partial charge in [-0.1, -0.05) is 28.1 Å². The monoisotopic (exact) mass is 287 g/mol. The molecule has 0 radical (unpaired) electrons. The Morgan fingerprint density at radius 2 is 2.00 bits per heavy atom. The molecule has 1 rings (SSSR count). The third-order valence-corrected chi connectivity index (χ3v) is 3.25. The molecule has 2 N–H and O–H groups in total. The Morgan fingerprint density at radius 3 is 2.50 bits per heavy atom. The van der Waals surface area contributed by atoms with E-state index >= 15 is 0 Å². The van der Waals surface area contributed by atoms with Crippen LogP contribution in [0.3, 0.4) is 0 Å². The summed E-state index contributed by atoms with van der Waals surface area (Å²) < 4.78 is 14.6. The average Bonchev–Trinajstić information content (AvgIpc) is 2.16. The van der Waals surface area contributed by atoms with Gasteiger partial charge in [-0.15, -0.1) is 0 Å². The largest absolute Gasteiger partial charge is 0.330 e. The van der Waals surface area contributed by atoms with Crippen LogP contribution in [0.5, 0.6) is 0 Å². The van der Waals surface area contributed by atoms with Gasteiger partial charge in [-0.05, 0) is 51.3 Å². The molecule has 0 aromatic heterocycles. The molecule has 90 valence electrons. The summed E-state index contributed by atoms with van der Waals surface area (Å²) in [6, 6.07) is 5.87. The first-order valence-electron chi connectivity index (χ1n) is 5.63. The first-order chi connectivity index (χ1) is 7.45. The fourth-order valence-electron chi connectivity index (χ4n) is 1.67. The number of hydrogen-bond donors (Lipinski definition) is 1. The summed E-state index contributed by atoms with van der Waals surface area (Å²) in [5, 5.41) is 0. The molecule has 0 saturated heterocycles. The SMILES string of the molecule is CC(C)(F)c1ccc(CCCCN)cc1Br. The van der Waals surface area contributed by atoms with E-state index in [1.807, 2.05) is 18.2 Å². The average molecular weight is 288 g/mol. The summed E-state index contributed by atoms with van der Waals surface area (Å²) in [7, 11) is 0. The maximum absolute atomic E-state index is 13.8. The van der Waals surface area contributed by atoms with Crippen molar-refractivity contribution >= 4 is 15.9 Å². The van der Waals surface area contributed by atoms with Crippen LogP contribution in [-0.4, -0.2) is 6.54 Å². The van der Waals surface area contributed by atoms with Crippen molar-refractivity contribution in [2.45, 2.75) is 38.8 Å². The summed E-state index contributed by atoms with van der Waals surface area (Å²) in [4.78, 5) is 0. The lowest BCUT2D eigenvalue weighted by atomic mass is 9.97. The molecule has 3 heteroatoms. The van der Waals surface area contributed by atoms with Gasteiger partial charge in [0.05, 0.1) is 0 Å². The molecular weight excluding hydrogens is 269 g/mol. The van der Waals surface area contributed by atoms with Gasteiger partial charge < -0.3 is 5.73 Å². The van der Waals surface area contributed by atoms with Crippen molar-refractivity contribution < 1.29 is 4.39 Å². The Labute approximate surface area is 105 Å². The Morgan fingerprint density at radius 1 is 1.31 bits per heavy atom. The topological polar surface area (TPSA) is 26.0 Å². The van der Waals surface area contributed by atoms with Crippen LogP contribution in [0, 0.1) is 0 Å². The second-order valence-electron chi connectivity index (χ2n) is 4.53. The lowest BCUT2D eigenvalue weighted by molar-refractivity contribution is 0.220. The number of aryl methyl sites for hydroxylation is 1. The number of alkyl halides is 1. The molecule has 0 atom stereocenters. The summed E-state index contributed by atoms with van der Waals surface area (Å²) in [6.45, 7) is 3.87. The molecule has 0 unspecified atom stereocenters. The number of unbranched alkanes of at least 4 members (excludes halogenated alkanes) is 1. The van der Waals surface area contributed by atoms with E-state index in [0.717, 1.165) is 30.3 Å². The van der Waals surface area contributed by atoms with Gasteiger partial charge in [0.15, 0.2) is 0 Å². The van der Waals surface area contributed by atoms with Crippen molar-refractivity contribution in [1.82, 2.24) is 0 Å². The van der Waals surface area contributed by atoms with E-state index in [1.54, 1.807) is 13.8 Å². The zero-order chi connectivity index (χ0) is 12.2. The summed E-state index contributed by atoms with van der Waals surface area (Å²) >= 11 is 3.43. The van der Waals surface area contributed by atoms with Gasteiger partial charge in [0.2, 0.25) is 0 Å². The van der Waals surface area contributed by atoms with Crippen molar-refractivity contribution in [2.24, 2.45) is 5.73 Å². The standard InChI is InChI=1S/C13H19BrFN/c1-13(2,15)11-7-6-10(9-12(11)14)5-3-4-8-16/h6-7,9H,3-5,8,16H2,1-2H3. The molecule has 1 aromatic carbocycles. The van der Waals surface area contributed by atoms with Crippen LogP contribution < -0.4 is 5.73 Å². The van der Waals surface area contributed by atoms with Crippen molar-refractivity contribution in [1.29, 1.82) is 0 Å². The highest BCUT2D eigenvalue weighted by atomic mass is 79.9. The van der Waals surface area contributed by atoms with Crippen molar-refractivity contribution in [3.05, 3.63) is 33.8 Å². The van der Waals surface area contributed by atoms with Crippen LogP contribution in [-0.2, 0) is 12.1 Å². The minimum Gasteiger partial charge on any atom is -0.330 e. The van der Waals surface area contributed by atoms with Crippen molar-refractivity contribution in [2.75, 3.05) is 6.54 Å². The predicted octanol–water partition coefficient (Wildman–Crippen LogP) is 3.94. The molecule has 1 aromatic rings. The van der Waals surface area contributed by atoms with Crippen molar-refractivity contribution in [3.63, 3.8) is 0 Å². The second-order valence-corrected chi connectivity index (χ2v) is 5.39. The van der Waals surface area contributed by atoms with E-state index in [-0.39, 0.29) is 0 Å². The van der Waals surface area contributed by atoms with E-state index in [9.17, 15) is 4.39 Å². The zero-order valence-corrected chi connectivity index (χ0v) is 11.5. The smallest absolute Gasteiger partial charge is 0.131 e. The van der Waals surface area contributed by atoms with E-state index in [1.165, 1.54) is 5.56 Å². The molecule has 0 amide bonds. The second kappa shape index (κ2) is 5.78. The van der Waals surface area contributed by atoms with Crippen LogP contribution in [0.25, 0.3) is 0 Å². The highest BCUT2D eigenvalue weighted by Gasteiger charge is 2.21. The number of hydrogen-bond acceptors (Lipinski definition) is 1. The molecule has 0 spiro atoms. The highest BCUT2D eigenvalue weighted by molar-refractivity contribution is 9.10. The Bertz CT molecular complexity index is 344. The molecule has 0 heterocycles. The van der Waals surface area contributed by atoms with Gasteiger partial charge in [0, 0.05) is 10.0 Å². The minimum atomic E-state index is -1.30. The predicted molar refractivity (Wildman–Crippen MR) is 70.3 cm³/mol. The number of benzene rings is 1. The molecular formula is C13H19BrFN. The van der Waals surface area contributed by atoms with E-state index in [2.05, 4.69) is 15.9 Å². The van der Waals surface area contributed by atoms with Gasteiger partial charge in [-0.2, -0.15) is 0 Å². The first kappa shape index (κ1) is 13.7. The maximum Gasteiger partial charge on any atom is 0.131 e. The third-order valence-electron chi connectivity index (χ3n) is 2.59. The Hall–Kier alpha value is -0.410. The maximum atomic E-state index is 13.8. The van der Waals surface area contributed by atoms with Gasteiger partial charge >= 0.3 is 0 Å². The molecule has 0 aliphatic heterocycles. The van der Waals surface area contributed by atoms with Gasteiger partial charge in [0.1, 0.15) is 5.67 Å². The molecule has 0 fully saturated rings. The molecule has 0 saturated carbocycles. The number of nitrogens with two attached hydrogens (primary N) is 1. The van der Waals surface area contributed by atoms with Crippen LogP contribution >= 0.6 is 15.9 Å². The third kappa shape index (κ3) is 3.87. The molecule has 16 heavy (non-hydrogen) atoms. The molecule has 0 aliphatic rings. The highest BCUT2D eigenvalue weighted by Crippen LogP contribution is 2.32. The molecule has 0 bridgehead atoms. The zero-order valence-electron chi connectivity index (χ0n) is 9.89. The van der Waals surface area contributed by atoms with E-state index in [0.29, 0.717) is 5.56 Å². The Kier molecular flexibility index (Phi) is 4.93. The lowest BCUT2D eigenvalue weighted by Crippen LogP contribution is -2.10. The number of rotatable bonds is 5. The quantitative estimate of drug-likeness (QED) is 0.816. The summed E-state index contributed by atoms with van der Waals surface area (Å²) in [6.07, 6.45) is 3.12. The van der Waals surface area contributed by atoms with Crippen LogP contribution in [0.4, 0.5) is 4.39 Å². The lowest BCUT2D eigenvalue weighted by Gasteiger charge is -2.17. The summed E-state index contributed by atoms with van der Waals surface area (Å²) in [5.41, 5.74) is 6.08. The fraction of sp³-hybridized carbons (Fsp3) is 0.538. The van der Waals surface area contributed by atoms with Crippen LogP contribution in [0.2, 0.25) is 0 Å². The van der Waals surface area contributed by atoms with Gasteiger partial charge in [-0.3, -0.25) is 0 Å². The molecule has 1 nitrogen and oxygen atoms in total. The van der Waals surface area contributed by atoms with Crippen LogP contribution in [0.1, 0.15) is 37.8 Å². The Balaban J connectivity index is 2.75. The van der Waals surface area contributed by atoms with E-state index in [4.69, 9.17) is 5.73 Å². The van der Waals surface area contributed by atoms with E-state index < -0.39 is 5.67 Å². The van der Waals surface area contributed by atoms with Gasteiger partial charge in [-0.25, -0.2) is 4.39 Å².